The number of carbonyl (C=O) groups excluding carboxylic acids is 2. The standard InChI is InChI=1S/C21H17ClN6O3/c1-12-5-6-14(20(29)26-18-7-9-31-27-18)10-17(12)25-21(30)15-11-24-28(13(15)2)19-16(22)4-3-8-23-19/h3-11H,1-2H3,(H,25,30)(H,26,27,29). The smallest absolute Gasteiger partial charge is 0.259 e. The van der Waals surface area contributed by atoms with Crippen LogP contribution in [0.5, 0.6) is 0 Å². The molecule has 0 saturated heterocycles. The Labute approximate surface area is 182 Å². The van der Waals surface area contributed by atoms with Gasteiger partial charge < -0.3 is 15.2 Å². The molecule has 31 heavy (non-hydrogen) atoms. The molecule has 0 aliphatic rings. The predicted molar refractivity (Wildman–Crippen MR) is 115 cm³/mol. The number of aryl methyl sites for hydroxylation is 1. The number of carbonyl (C=O) groups is 2. The van der Waals surface area contributed by atoms with Crippen LogP contribution in [0.4, 0.5) is 11.5 Å². The Morgan fingerprint density at radius 3 is 2.68 bits per heavy atom. The Morgan fingerprint density at radius 2 is 1.94 bits per heavy atom. The minimum absolute atomic E-state index is 0.299. The normalized spacial score (nSPS) is 10.7. The van der Waals surface area contributed by atoms with E-state index in [-0.39, 0.29) is 11.8 Å². The third-order valence-corrected chi connectivity index (χ3v) is 4.92. The highest BCUT2D eigenvalue weighted by molar-refractivity contribution is 6.32. The number of halogens is 1. The summed E-state index contributed by atoms with van der Waals surface area (Å²) in [4.78, 5) is 29.6. The van der Waals surface area contributed by atoms with Gasteiger partial charge in [0, 0.05) is 23.5 Å². The first-order valence-corrected chi connectivity index (χ1v) is 9.61. The van der Waals surface area contributed by atoms with Crippen molar-refractivity contribution in [2.45, 2.75) is 13.8 Å². The van der Waals surface area contributed by atoms with Crippen molar-refractivity contribution in [1.29, 1.82) is 0 Å². The van der Waals surface area contributed by atoms with Crippen molar-refractivity contribution in [1.82, 2.24) is 19.9 Å². The van der Waals surface area contributed by atoms with Crippen LogP contribution in [0, 0.1) is 13.8 Å². The first kappa shape index (κ1) is 20.3. The molecule has 4 aromatic rings. The molecule has 10 heteroatoms. The van der Waals surface area contributed by atoms with Gasteiger partial charge in [0.2, 0.25) is 0 Å². The minimum Gasteiger partial charge on any atom is -0.363 e. The van der Waals surface area contributed by atoms with Crippen molar-refractivity contribution in [3.63, 3.8) is 0 Å². The molecular weight excluding hydrogens is 420 g/mol. The second-order valence-corrected chi connectivity index (χ2v) is 7.09. The topological polar surface area (TPSA) is 115 Å². The van der Waals surface area contributed by atoms with Gasteiger partial charge in [-0.3, -0.25) is 9.59 Å². The number of benzene rings is 1. The molecule has 156 valence electrons. The molecule has 0 unspecified atom stereocenters. The number of amides is 2. The molecule has 0 aliphatic heterocycles. The first-order chi connectivity index (χ1) is 14.9. The zero-order chi connectivity index (χ0) is 22.0. The lowest BCUT2D eigenvalue weighted by atomic mass is 10.1. The Balaban J connectivity index is 1.56. The van der Waals surface area contributed by atoms with Gasteiger partial charge in [-0.15, -0.1) is 0 Å². The molecule has 0 bridgehead atoms. The SMILES string of the molecule is Cc1ccc(C(=O)Nc2ccon2)cc1NC(=O)c1cnn(-c2ncccc2Cl)c1C. The third-order valence-electron chi connectivity index (χ3n) is 4.62. The number of rotatable bonds is 5. The van der Waals surface area contributed by atoms with Crippen LogP contribution in [0.15, 0.2) is 59.6 Å². The molecule has 1 aromatic carbocycles. The molecule has 2 N–H and O–H groups in total. The van der Waals surface area contributed by atoms with Crippen molar-refractivity contribution in [2.24, 2.45) is 0 Å². The molecule has 0 fully saturated rings. The van der Waals surface area contributed by atoms with Gasteiger partial charge in [0.15, 0.2) is 11.6 Å². The molecular formula is C21H17ClN6O3. The van der Waals surface area contributed by atoms with Crippen LogP contribution in [0.1, 0.15) is 32.0 Å². The van der Waals surface area contributed by atoms with Gasteiger partial charge in [-0.1, -0.05) is 22.8 Å². The maximum Gasteiger partial charge on any atom is 0.259 e. The number of nitrogens with one attached hydrogen (secondary N) is 2. The number of nitrogens with zero attached hydrogens (tertiary/aromatic N) is 4. The van der Waals surface area contributed by atoms with E-state index in [2.05, 4.69) is 25.9 Å². The maximum absolute atomic E-state index is 12.9. The highest BCUT2D eigenvalue weighted by Crippen LogP contribution is 2.22. The second-order valence-electron chi connectivity index (χ2n) is 6.69. The fourth-order valence-electron chi connectivity index (χ4n) is 2.93. The van der Waals surface area contributed by atoms with Crippen molar-refractivity contribution in [3.8, 4) is 5.82 Å². The zero-order valence-corrected chi connectivity index (χ0v) is 17.3. The van der Waals surface area contributed by atoms with Gasteiger partial charge in [-0.05, 0) is 43.7 Å². The lowest BCUT2D eigenvalue weighted by Crippen LogP contribution is -2.16. The van der Waals surface area contributed by atoms with E-state index in [0.29, 0.717) is 39.2 Å². The fraction of sp³-hybridized carbons (Fsp3) is 0.0952. The summed E-state index contributed by atoms with van der Waals surface area (Å²) in [5.41, 5.74) is 2.59. The molecule has 0 radical (unpaired) electrons. The molecule has 0 atom stereocenters. The fourth-order valence-corrected chi connectivity index (χ4v) is 3.13. The number of hydrogen-bond donors (Lipinski definition) is 2. The number of anilines is 2. The van der Waals surface area contributed by atoms with Crippen molar-refractivity contribution in [2.75, 3.05) is 10.6 Å². The van der Waals surface area contributed by atoms with E-state index < -0.39 is 0 Å². The Morgan fingerprint density at radius 1 is 1.10 bits per heavy atom. The van der Waals surface area contributed by atoms with E-state index >= 15 is 0 Å². The molecule has 0 aliphatic carbocycles. The average molecular weight is 437 g/mol. The van der Waals surface area contributed by atoms with Gasteiger partial charge >= 0.3 is 0 Å². The molecule has 3 heterocycles. The van der Waals surface area contributed by atoms with Crippen LogP contribution in [-0.4, -0.2) is 31.7 Å². The van der Waals surface area contributed by atoms with Crippen LogP contribution < -0.4 is 10.6 Å². The van der Waals surface area contributed by atoms with E-state index in [1.807, 2.05) is 6.92 Å². The summed E-state index contributed by atoms with van der Waals surface area (Å²) in [5.74, 6) is -0.0121. The molecule has 0 spiro atoms. The van der Waals surface area contributed by atoms with Gasteiger partial charge in [0.25, 0.3) is 11.8 Å². The van der Waals surface area contributed by atoms with Crippen LogP contribution in [0.3, 0.4) is 0 Å². The summed E-state index contributed by atoms with van der Waals surface area (Å²) in [6.07, 6.45) is 4.41. The Bertz CT molecular complexity index is 1270. The Kier molecular flexibility index (Phi) is 5.50. The predicted octanol–water partition coefficient (Wildman–Crippen LogP) is 4.03. The van der Waals surface area contributed by atoms with Crippen molar-refractivity contribution < 1.29 is 14.1 Å². The number of pyridine rings is 1. The van der Waals surface area contributed by atoms with Crippen molar-refractivity contribution in [3.05, 3.63) is 82.5 Å². The minimum atomic E-state index is -0.377. The molecule has 4 rings (SSSR count). The first-order valence-electron chi connectivity index (χ1n) is 9.23. The summed E-state index contributed by atoms with van der Waals surface area (Å²) >= 11 is 6.20. The summed E-state index contributed by atoms with van der Waals surface area (Å²) in [6.45, 7) is 3.58. The quantitative estimate of drug-likeness (QED) is 0.488. The lowest BCUT2D eigenvalue weighted by Gasteiger charge is -2.11. The van der Waals surface area contributed by atoms with Gasteiger partial charge in [-0.2, -0.15) is 5.10 Å². The summed E-state index contributed by atoms with van der Waals surface area (Å²) in [7, 11) is 0. The zero-order valence-electron chi connectivity index (χ0n) is 16.6. The molecule has 3 aromatic heterocycles. The largest absolute Gasteiger partial charge is 0.363 e. The van der Waals surface area contributed by atoms with E-state index in [0.717, 1.165) is 5.56 Å². The van der Waals surface area contributed by atoms with E-state index in [1.165, 1.54) is 23.2 Å². The summed E-state index contributed by atoms with van der Waals surface area (Å²) in [6, 6.07) is 9.95. The Hall–Kier alpha value is -3.98. The van der Waals surface area contributed by atoms with E-state index in [4.69, 9.17) is 16.1 Å². The third kappa shape index (κ3) is 4.17. The van der Waals surface area contributed by atoms with Crippen LogP contribution >= 0.6 is 11.6 Å². The highest BCUT2D eigenvalue weighted by atomic mass is 35.5. The van der Waals surface area contributed by atoms with E-state index in [9.17, 15) is 9.59 Å². The van der Waals surface area contributed by atoms with Crippen LogP contribution in [0.25, 0.3) is 5.82 Å². The average Bonchev–Trinajstić information content (AvgIpc) is 3.39. The van der Waals surface area contributed by atoms with Crippen LogP contribution in [-0.2, 0) is 0 Å². The number of aromatic nitrogens is 4. The van der Waals surface area contributed by atoms with E-state index in [1.54, 1.807) is 43.5 Å². The summed E-state index contributed by atoms with van der Waals surface area (Å²) in [5, 5.41) is 13.8. The molecule has 2 amide bonds. The van der Waals surface area contributed by atoms with Crippen LogP contribution in [0.2, 0.25) is 5.02 Å². The molecule has 0 saturated carbocycles. The second kappa shape index (κ2) is 8.41. The maximum atomic E-state index is 12.9. The van der Waals surface area contributed by atoms with Crippen molar-refractivity contribution >= 4 is 34.9 Å². The van der Waals surface area contributed by atoms with Gasteiger partial charge in [0.05, 0.1) is 22.5 Å². The molecule has 9 nitrogen and oxygen atoms in total. The van der Waals surface area contributed by atoms with Gasteiger partial charge in [-0.25, -0.2) is 9.67 Å². The monoisotopic (exact) mass is 436 g/mol. The summed E-state index contributed by atoms with van der Waals surface area (Å²) < 4.78 is 6.21. The lowest BCUT2D eigenvalue weighted by molar-refractivity contribution is 0.101. The van der Waals surface area contributed by atoms with Gasteiger partial charge in [0.1, 0.15) is 6.26 Å². The highest BCUT2D eigenvalue weighted by Gasteiger charge is 2.18. The number of hydrogen-bond acceptors (Lipinski definition) is 6.